The van der Waals surface area contributed by atoms with Crippen LogP contribution in [0.4, 0.5) is 0 Å². The average molecular weight is 285 g/mol. The van der Waals surface area contributed by atoms with Gasteiger partial charge >= 0.3 is 11.8 Å². The zero-order chi connectivity index (χ0) is 14.1. The highest BCUT2D eigenvalue weighted by atomic mass is 17.6. The van der Waals surface area contributed by atoms with Crippen molar-refractivity contribution in [3.05, 3.63) is 0 Å². The number of aliphatic carboxylic acids is 1. The van der Waals surface area contributed by atoms with E-state index in [0.717, 1.165) is 6.92 Å². The first-order valence-electron chi connectivity index (χ1n) is 4.71. The van der Waals surface area contributed by atoms with Gasteiger partial charge < -0.3 is 31.7 Å². The molecular formula is C8H15NO10. The van der Waals surface area contributed by atoms with Gasteiger partial charge in [-0.3, -0.25) is 4.79 Å². The minimum absolute atomic E-state index is 0. The van der Waals surface area contributed by atoms with E-state index in [0.29, 0.717) is 0 Å². The summed E-state index contributed by atoms with van der Waals surface area (Å²) in [5.74, 6) is -6.25. The topological polar surface area (TPSA) is 198 Å². The van der Waals surface area contributed by atoms with E-state index in [1.807, 2.05) is 0 Å². The Balaban J connectivity index is 0.00000324. The van der Waals surface area contributed by atoms with Crippen molar-refractivity contribution in [1.29, 1.82) is 0 Å². The minimum atomic E-state index is -3.17. The summed E-state index contributed by atoms with van der Waals surface area (Å²) in [6.07, 6.45) is -4.37. The predicted molar refractivity (Wildman–Crippen MR) is 53.4 cm³/mol. The lowest BCUT2D eigenvalue weighted by atomic mass is 9.80. The molecule has 19 heavy (non-hydrogen) atoms. The summed E-state index contributed by atoms with van der Waals surface area (Å²) >= 11 is 0. The maximum absolute atomic E-state index is 11.4. The molecule has 0 spiro atoms. The highest BCUT2D eigenvalue weighted by molar-refractivity contribution is 5.94. The van der Waals surface area contributed by atoms with E-state index in [1.54, 1.807) is 0 Å². The molecular weight excluding hydrogens is 270 g/mol. The molecule has 1 rings (SSSR count). The molecule has 0 aromatic rings. The number of carboxylic acid groups (broad SMARTS) is 1. The monoisotopic (exact) mass is 285 g/mol. The van der Waals surface area contributed by atoms with Crippen molar-refractivity contribution < 1.29 is 49.9 Å². The van der Waals surface area contributed by atoms with Gasteiger partial charge in [0.2, 0.25) is 5.60 Å². The van der Waals surface area contributed by atoms with Gasteiger partial charge in [0.25, 0.3) is 0 Å². The van der Waals surface area contributed by atoms with Gasteiger partial charge in [0.15, 0.2) is 5.78 Å². The first-order valence-corrected chi connectivity index (χ1v) is 4.71. The molecule has 0 aromatic heterocycles. The Morgan fingerprint density at radius 2 is 1.79 bits per heavy atom. The summed E-state index contributed by atoms with van der Waals surface area (Å²) in [5.41, 5.74) is -3.17. The number of rotatable bonds is 6. The third kappa shape index (κ3) is 2.33. The molecule has 0 unspecified atom stereocenters. The van der Waals surface area contributed by atoms with E-state index < -0.39 is 42.0 Å². The quantitative estimate of drug-likeness (QED) is 0.269. The number of carboxylic acids is 1. The standard InChI is InChI=1S/C8H12O10.H3N/c1-3(10)7(15,5(12)4(11)2-9)8(6(13)14)16-18-17-8;/h4-5,9,11-12,15H,2H2,1H3,(H,13,14);1H3/t4-,5-,7+;/m1./s1. The van der Waals surface area contributed by atoms with E-state index in [-0.39, 0.29) is 6.15 Å². The molecule has 0 aromatic carbocycles. The fraction of sp³-hybridized carbons (Fsp3) is 0.750. The summed E-state index contributed by atoms with van der Waals surface area (Å²) in [7, 11) is 0. The van der Waals surface area contributed by atoms with Crippen LogP contribution in [0.3, 0.4) is 0 Å². The van der Waals surface area contributed by atoms with Gasteiger partial charge in [-0.25, -0.2) is 4.79 Å². The Hall–Kier alpha value is -1.18. The van der Waals surface area contributed by atoms with Crippen LogP contribution in [0.15, 0.2) is 0 Å². The molecule has 11 nitrogen and oxygen atoms in total. The molecule has 1 aliphatic heterocycles. The van der Waals surface area contributed by atoms with Crippen molar-refractivity contribution in [3.8, 4) is 0 Å². The van der Waals surface area contributed by atoms with Crippen LogP contribution in [0.5, 0.6) is 0 Å². The fourth-order valence-electron chi connectivity index (χ4n) is 1.48. The number of Topliss-reactive ketones (excluding diaryl/α,β-unsaturated/α-hetero) is 1. The van der Waals surface area contributed by atoms with Crippen LogP contribution >= 0.6 is 0 Å². The molecule has 11 heteroatoms. The summed E-state index contributed by atoms with van der Waals surface area (Å²) in [6.45, 7) is -0.295. The molecule has 112 valence electrons. The first-order chi connectivity index (χ1) is 8.24. The van der Waals surface area contributed by atoms with E-state index in [9.17, 15) is 24.9 Å². The number of carbonyl (C=O) groups is 2. The van der Waals surface area contributed by atoms with Crippen LogP contribution in [0.25, 0.3) is 0 Å². The number of hydrogen-bond acceptors (Lipinski definition) is 10. The Morgan fingerprint density at radius 1 is 1.32 bits per heavy atom. The lowest BCUT2D eigenvalue weighted by Crippen LogP contribution is -2.76. The smallest absolute Gasteiger partial charge is 0.374 e. The van der Waals surface area contributed by atoms with Crippen LogP contribution < -0.4 is 6.15 Å². The van der Waals surface area contributed by atoms with Crippen molar-refractivity contribution in [2.75, 3.05) is 6.61 Å². The van der Waals surface area contributed by atoms with Gasteiger partial charge in [-0.1, -0.05) is 5.04 Å². The summed E-state index contributed by atoms with van der Waals surface area (Å²) in [6, 6.07) is 0. The highest BCUT2D eigenvalue weighted by Gasteiger charge is 2.74. The van der Waals surface area contributed by atoms with Crippen molar-refractivity contribution in [3.63, 3.8) is 0 Å². The normalized spacial score (nSPS) is 23.2. The number of ketones is 1. The molecule has 0 radical (unpaired) electrons. The van der Waals surface area contributed by atoms with E-state index >= 15 is 0 Å². The van der Waals surface area contributed by atoms with Crippen molar-refractivity contribution in [2.24, 2.45) is 0 Å². The van der Waals surface area contributed by atoms with Gasteiger partial charge in [0.1, 0.15) is 12.2 Å². The third-order valence-corrected chi connectivity index (χ3v) is 2.60. The van der Waals surface area contributed by atoms with Crippen molar-refractivity contribution >= 4 is 11.8 Å². The summed E-state index contributed by atoms with van der Waals surface area (Å²) in [4.78, 5) is 30.5. The second-order valence-electron chi connectivity index (χ2n) is 3.67. The number of aliphatic hydroxyl groups excluding tert-OH is 3. The fourth-order valence-corrected chi connectivity index (χ4v) is 1.48. The van der Waals surface area contributed by atoms with E-state index in [2.05, 4.69) is 14.8 Å². The number of aliphatic hydroxyl groups is 4. The second-order valence-corrected chi connectivity index (χ2v) is 3.67. The van der Waals surface area contributed by atoms with Gasteiger partial charge in [0.05, 0.1) is 6.61 Å². The molecule has 0 bridgehead atoms. The predicted octanol–water partition coefficient (Wildman–Crippen LogP) is -3.14. The Bertz CT molecular complexity index is 355. The maximum atomic E-state index is 11.4. The maximum Gasteiger partial charge on any atom is 0.374 e. The first kappa shape index (κ1) is 17.8. The lowest BCUT2D eigenvalue weighted by Gasteiger charge is -2.45. The minimum Gasteiger partial charge on any atom is -0.477 e. The van der Waals surface area contributed by atoms with Gasteiger partial charge in [-0.15, -0.1) is 0 Å². The molecule has 0 aliphatic carbocycles. The van der Waals surface area contributed by atoms with Crippen LogP contribution in [0.1, 0.15) is 6.92 Å². The Morgan fingerprint density at radius 3 is 2.00 bits per heavy atom. The average Bonchev–Trinajstić information content (AvgIpc) is 2.24. The molecule has 3 atom stereocenters. The molecule has 1 heterocycles. The Labute approximate surface area is 106 Å². The van der Waals surface area contributed by atoms with Gasteiger partial charge in [-0.05, 0) is 6.92 Å². The lowest BCUT2D eigenvalue weighted by molar-refractivity contribution is -0.732. The zero-order valence-electron chi connectivity index (χ0n) is 9.85. The molecule has 1 fully saturated rings. The number of carbonyl (C=O) groups excluding carboxylic acids is 1. The zero-order valence-corrected chi connectivity index (χ0v) is 9.85. The largest absolute Gasteiger partial charge is 0.477 e. The third-order valence-electron chi connectivity index (χ3n) is 2.60. The van der Waals surface area contributed by atoms with Crippen molar-refractivity contribution in [1.82, 2.24) is 6.15 Å². The van der Waals surface area contributed by atoms with Crippen LogP contribution in [0.2, 0.25) is 0 Å². The van der Waals surface area contributed by atoms with Gasteiger partial charge in [-0.2, -0.15) is 9.78 Å². The summed E-state index contributed by atoms with van der Waals surface area (Å²) < 4.78 is 0. The molecule has 1 saturated heterocycles. The summed E-state index contributed by atoms with van der Waals surface area (Å²) in [5, 5.41) is 50.1. The number of hydrogen-bond donors (Lipinski definition) is 6. The van der Waals surface area contributed by atoms with Gasteiger partial charge in [0, 0.05) is 0 Å². The second kappa shape index (κ2) is 5.85. The van der Waals surface area contributed by atoms with Crippen molar-refractivity contribution in [2.45, 2.75) is 30.5 Å². The SMILES string of the molecule is CC(=O)[C@](O)([C@H](O)[C@H](O)CO)C1(C(=O)O)OOO1.N. The molecule has 1 aliphatic rings. The molecule has 0 saturated carbocycles. The van der Waals surface area contributed by atoms with Crippen LogP contribution in [0, 0.1) is 0 Å². The molecule has 0 amide bonds. The van der Waals surface area contributed by atoms with Crippen LogP contribution in [-0.4, -0.2) is 67.5 Å². The van der Waals surface area contributed by atoms with E-state index in [1.165, 1.54) is 0 Å². The Kier molecular flexibility index (Phi) is 5.49. The molecule has 8 N–H and O–H groups in total. The van der Waals surface area contributed by atoms with Crippen LogP contribution in [-0.2, 0) is 24.4 Å². The van der Waals surface area contributed by atoms with E-state index in [4.69, 9.17) is 10.2 Å². The highest BCUT2D eigenvalue weighted by Crippen LogP contribution is 2.39.